The van der Waals surface area contributed by atoms with Crippen molar-refractivity contribution in [3.63, 3.8) is 0 Å². The number of aliphatic imine (C=N–C) groups is 2. The molecule has 0 aliphatic heterocycles. The van der Waals surface area contributed by atoms with E-state index in [-0.39, 0.29) is 12.1 Å². The second kappa shape index (κ2) is 7.94. The maximum Gasteiger partial charge on any atom is 0.0723 e. The SMILES string of the molecule is Cn1c(/C=N/C2CCCCC2/N=C/c2cc3ccccc3n2C)cc2ccccc21. The van der Waals surface area contributed by atoms with Gasteiger partial charge in [-0.3, -0.25) is 9.98 Å². The number of nitrogens with zero attached hydrogens (tertiary/aromatic N) is 4. The Morgan fingerprint density at radius 3 is 1.57 bits per heavy atom. The monoisotopic (exact) mass is 396 g/mol. The summed E-state index contributed by atoms with van der Waals surface area (Å²) in [5.74, 6) is 0. The standard InChI is InChI=1S/C26H28N4/c1-29-21(15-19-9-3-7-13-25(19)29)17-27-23-11-5-6-12-24(23)28-18-22-16-20-10-4-8-14-26(20)30(22)2/h3-4,7-10,13-18,23-24H,5-6,11-12H2,1-2H3/b27-17+,28-18+. The third-order valence-electron chi connectivity index (χ3n) is 6.47. The molecule has 1 aliphatic rings. The Morgan fingerprint density at radius 2 is 1.13 bits per heavy atom. The molecule has 4 nitrogen and oxygen atoms in total. The van der Waals surface area contributed by atoms with Gasteiger partial charge >= 0.3 is 0 Å². The zero-order valence-electron chi connectivity index (χ0n) is 17.7. The van der Waals surface area contributed by atoms with Crippen molar-refractivity contribution in [1.29, 1.82) is 0 Å². The number of fused-ring (bicyclic) bond motifs is 2. The Bertz CT molecular complexity index is 1140. The molecule has 0 amide bonds. The minimum Gasteiger partial charge on any atom is -0.343 e. The average Bonchev–Trinajstić information content (AvgIpc) is 3.28. The predicted octanol–water partition coefficient (Wildman–Crippen LogP) is 5.52. The van der Waals surface area contributed by atoms with E-state index in [0.717, 1.165) is 24.2 Å². The van der Waals surface area contributed by atoms with Gasteiger partial charge in [-0.2, -0.15) is 0 Å². The van der Waals surface area contributed by atoms with Gasteiger partial charge in [-0.15, -0.1) is 0 Å². The minimum atomic E-state index is 0.252. The van der Waals surface area contributed by atoms with Gasteiger partial charge in [0.05, 0.1) is 23.5 Å². The van der Waals surface area contributed by atoms with Crippen LogP contribution in [0.1, 0.15) is 37.1 Å². The van der Waals surface area contributed by atoms with E-state index in [9.17, 15) is 0 Å². The van der Waals surface area contributed by atoms with E-state index in [0.29, 0.717) is 0 Å². The van der Waals surface area contributed by atoms with Crippen molar-refractivity contribution in [1.82, 2.24) is 9.13 Å². The van der Waals surface area contributed by atoms with Crippen LogP contribution in [-0.4, -0.2) is 33.6 Å². The van der Waals surface area contributed by atoms with Crippen LogP contribution in [0.25, 0.3) is 21.8 Å². The Labute approximate surface area is 177 Å². The molecule has 152 valence electrons. The Morgan fingerprint density at radius 1 is 0.700 bits per heavy atom. The van der Waals surface area contributed by atoms with E-state index in [4.69, 9.17) is 9.98 Å². The van der Waals surface area contributed by atoms with Gasteiger partial charge in [-0.25, -0.2) is 0 Å². The van der Waals surface area contributed by atoms with Gasteiger partial charge < -0.3 is 9.13 Å². The summed E-state index contributed by atoms with van der Waals surface area (Å²) < 4.78 is 4.44. The normalized spacial score (nSPS) is 20.2. The Balaban J connectivity index is 1.38. The first-order valence-corrected chi connectivity index (χ1v) is 10.9. The largest absolute Gasteiger partial charge is 0.343 e. The molecule has 0 spiro atoms. The molecule has 4 aromatic rings. The van der Waals surface area contributed by atoms with Crippen LogP contribution in [0.3, 0.4) is 0 Å². The summed E-state index contributed by atoms with van der Waals surface area (Å²) in [4.78, 5) is 10.0. The topological polar surface area (TPSA) is 34.6 Å². The zero-order chi connectivity index (χ0) is 20.5. The molecular formula is C26H28N4. The van der Waals surface area contributed by atoms with Crippen molar-refractivity contribution in [2.45, 2.75) is 37.8 Å². The van der Waals surface area contributed by atoms with Crippen molar-refractivity contribution in [2.24, 2.45) is 24.1 Å². The second-order valence-corrected chi connectivity index (χ2v) is 8.35. The van der Waals surface area contributed by atoms with Crippen molar-refractivity contribution in [3.8, 4) is 0 Å². The van der Waals surface area contributed by atoms with Gasteiger partial charge in [0, 0.05) is 48.3 Å². The molecule has 2 aromatic carbocycles. The predicted molar refractivity (Wildman–Crippen MR) is 127 cm³/mol. The van der Waals surface area contributed by atoms with E-state index >= 15 is 0 Å². The van der Waals surface area contributed by atoms with Crippen molar-refractivity contribution < 1.29 is 0 Å². The van der Waals surface area contributed by atoms with Gasteiger partial charge in [0.15, 0.2) is 0 Å². The number of aromatic nitrogens is 2. The fraction of sp³-hybridized carbons (Fsp3) is 0.308. The number of rotatable bonds is 4. The van der Waals surface area contributed by atoms with E-state index in [1.807, 2.05) is 0 Å². The van der Waals surface area contributed by atoms with Gasteiger partial charge in [0.1, 0.15) is 0 Å². The molecule has 2 unspecified atom stereocenters. The molecule has 5 rings (SSSR count). The first-order valence-electron chi connectivity index (χ1n) is 10.9. The van der Waals surface area contributed by atoms with Gasteiger partial charge in [-0.05, 0) is 37.1 Å². The number of para-hydroxylation sites is 2. The summed E-state index contributed by atoms with van der Waals surface area (Å²) in [5.41, 5.74) is 4.79. The molecular weight excluding hydrogens is 368 g/mol. The molecule has 2 aromatic heterocycles. The van der Waals surface area contributed by atoms with Crippen LogP contribution in [0, 0.1) is 0 Å². The van der Waals surface area contributed by atoms with E-state index < -0.39 is 0 Å². The first kappa shape index (κ1) is 18.9. The molecule has 30 heavy (non-hydrogen) atoms. The fourth-order valence-electron chi connectivity index (χ4n) is 4.65. The zero-order valence-corrected chi connectivity index (χ0v) is 17.7. The van der Waals surface area contributed by atoms with Crippen LogP contribution in [0.5, 0.6) is 0 Å². The van der Waals surface area contributed by atoms with E-state index in [2.05, 4.69) is 96.3 Å². The number of hydrogen-bond acceptors (Lipinski definition) is 2. The molecule has 2 heterocycles. The lowest BCUT2D eigenvalue weighted by Gasteiger charge is -2.25. The minimum absolute atomic E-state index is 0.252. The molecule has 0 radical (unpaired) electrons. The first-order chi connectivity index (χ1) is 14.7. The quantitative estimate of drug-likeness (QED) is 0.407. The average molecular weight is 397 g/mol. The lowest BCUT2D eigenvalue weighted by atomic mass is 9.91. The third-order valence-corrected chi connectivity index (χ3v) is 6.47. The maximum atomic E-state index is 5.00. The fourth-order valence-corrected chi connectivity index (χ4v) is 4.65. The molecule has 0 bridgehead atoms. The third kappa shape index (κ3) is 3.47. The Hall–Kier alpha value is -3.14. The number of hydrogen-bond donors (Lipinski definition) is 0. The van der Waals surface area contributed by atoms with Crippen molar-refractivity contribution in [2.75, 3.05) is 0 Å². The molecule has 0 saturated heterocycles. The number of aryl methyl sites for hydroxylation is 2. The molecule has 1 aliphatic carbocycles. The van der Waals surface area contributed by atoms with Crippen LogP contribution in [0.2, 0.25) is 0 Å². The molecule has 0 N–H and O–H groups in total. The van der Waals surface area contributed by atoms with Gasteiger partial charge in [-0.1, -0.05) is 49.2 Å². The smallest absolute Gasteiger partial charge is 0.0723 e. The summed E-state index contributed by atoms with van der Waals surface area (Å²) in [7, 11) is 4.22. The molecule has 2 atom stereocenters. The van der Waals surface area contributed by atoms with Crippen LogP contribution in [0.15, 0.2) is 70.6 Å². The highest BCUT2D eigenvalue weighted by molar-refractivity contribution is 5.91. The highest BCUT2D eigenvalue weighted by atomic mass is 15.0. The van der Waals surface area contributed by atoms with Gasteiger partial charge in [0.2, 0.25) is 0 Å². The highest BCUT2D eigenvalue weighted by Gasteiger charge is 2.23. The summed E-state index contributed by atoms with van der Waals surface area (Å²) in [6.45, 7) is 0. The van der Waals surface area contributed by atoms with Crippen LogP contribution < -0.4 is 0 Å². The summed E-state index contributed by atoms with van der Waals surface area (Å²) in [6, 6.07) is 21.9. The van der Waals surface area contributed by atoms with Gasteiger partial charge in [0.25, 0.3) is 0 Å². The lowest BCUT2D eigenvalue weighted by molar-refractivity contribution is 0.390. The summed E-state index contributed by atoms with van der Waals surface area (Å²) >= 11 is 0. The van der Waals surface area contributed by atoms with Crippen molar-refractivity contribution in [3.05, 3.63) is 72.1 Å². The number of benzene rings is 2. The van der Waals surface area contributed by atoms with Crippen molar-refractivity contribution >= 4 is 34.2 Å². The maximum absolute atomic E-state index is 5.00. The van der Waals surface area contributed by atoms with E-state index in [1.54, 1.807) is 0 Å². The highest BCUT2D eigenvalue weighted by Crippen LogP contribution is 2.25. The second-order valence-electron chi connectivity index (χ2n) is 8.35. The molecule has 1 fully saturated rings. The summed E-state index contributed by atoms with van der Waals surface area (Å²) in [6.07, 6.45) is 8.79. The Kier molecular flexibility index (Phi) is 4.99. The van der Waals surface area contributed by atoms with Crippen LogP contribution in [0.4, 0.5) is 0 Å². The lowest BCUT2D eigenvalue weighted by Crippen LogP contribution is -2.27. The van der Waals surface area contributed by atoms with E-state index in [1.165, 1.54) is 34.6 Å². The van der Waals surface area contributed by atoms with Crippen LogP contribution in [-0.2, 0) is 14.1 Å². The van der Waals surface area contributed by atoms with Crippen LogP contribution >= 0.6 is 0 Å². The molecule has 4 heteroatoms. The molecule has 1 saturated carbocycles. The summed E-state index contributed by atoms with van der Waals surface area (Å²) in [5, 5.41) is 2.52.